The number of aromatic nitrogens is 2. The van der Waals surface area contributed by atoms with Crippen molar-refractivity contribution in [2.45, 2.75) is 42.7 Å². The van der Waals surface area contributed by atoms with Gasteiger partial charge in [0.25, 0.3) is 0 Å². The van der Waals surface area contributed by atoms with E-state index in [1.54, 1.807) is 36.4 Å². The lowest BCUT2D eigenvalue weighted by Gasteiger charge is -2.21. The van der Waals surface area contributed by atoms with E-state index in [9.17, 15) is 13.5 Å². The summed E-state index contributed by atoms with van der Waals surface area (Å²) in [5, 5.41) is 23.2. The van der Waals surface area contributed by atoms with E-state index in [4.69, 9.17) is 9.78 Å². The van der Waals surface area contributed by atoms with E-state index >= 15 is 0 Å². The van der Waals surface area contributed by atoms with Gasteiger partial charge in [0.15, 0.2) is 15.7 Å². The number of hydrogen-bond donors (Lipinski definition) is 1. The maximum atomic E-state index is 12.7. The number of likely N-dealkylation sites (tertiary alicyclic amines) is 1. The molecule has 0 aliphatic carbocycles. The summed E-state index contributed by atoms with van der Waals surface area (Å²) in [5.74, 6) is 0.00414. The standard InChI is InChI=1S/C22H22N4O4S/c1-15-5-7-19(8-6-15)31(28,29)14-21-24-22(30-25-21)20-10-18(27)13-26(20)12-17-4-2-3-16(9-17)11-23/h2-9,18,20,27H,10,12-14H2,1H3. The lowest BCUT2D eigenvalue weighted by Crippen LogP contribution is -2.24. The van der Waals surface area contributed by atoms with Crippen molar-refractivity contribution >= 4 is 9.84 Å². The Morgan fingerprint density at radius 3 is 2.77 bits per heavy atom. The topological polar surface area (TPSA) is 120 Å². The van der Waals surface area contributed by atoms with Gasteiger partial charge in [0.2, 0.25) is 5.89 Å². The summed E-state index contributed by atoms with van der Waals surface area (Å²) >= 11 is 0. The largest absolute Gasteiger partial charge is 0.392 e. The van der Waals surface area contributed by atoms with E-state index in [2.05, 4.69) is 16.2 Å². The van der Waals surface area contributed by atoms with E-state index < -0.39 is 15.9 Å². The first-order valence-corrected chi connectivity index (χ1v) is 11.5. The van der Waals surface area contributed by atoms with Gasteiger partial charge in [-0.25, -0.2) is 8.42 Å². The lowest BCUT2D eigenvalue weighted by molar-refractivity contribution is 0.169. The summed E-state index contributed by atoms with van der Waals surface area (Å²) in [7, 11) is -3.60. The van der Waals surface area contributed by atoms with Gasteiger partial charge in [-0.05, 0) is 43.2 Å². The van der Waals surface area contributed by atoms with Crippen LogP contribution in [0.25, 0.3) is 0 Å². The first kappa shape index (κ1) is 21.2. The number of nitrogens with zero attached hydrogens (tertiary/aromatic N) is 4. The Labute approximate surface area is 180 Å². The van der Waals surface area contributed by atoms with Crippen LogP contribution in [0.3, 0.4) is 0 Å². The molecule has 3 aromatic rings. The maximum absolute atomic E-state index is 12.7. The predicted octanol–water partition coefficient (Wildman–Crippen LogP) is 2.53. The summed E-state index contributed by atoms with van der Waals surface area (Å²) in [5.41, 5.74) is 2.47. The number of hydrogen-bond acceptors (Lipinski definition) is 8. The van der Waals surface area contributed by atoms with Crippen molar-refractivity contribution < 1.29 is 18.0 Å². The number of aryl methyl sites for hydroxylation is 1. The molecule has 2 atom stereocenters. The molecule has 1 saturated heterocycles. The second kappa shape index (κ2) is 8.59. The number of nitriles is 1. The highest BCUT2D eigenvalue weighted by molar-refractivity contribution is 7.90. The van der Waals surface area contributed by atoms with Gasteiger partial charge in [0.1, 0.15) is 5.75 Å². The Kier molecular flexibility index (Phi) is 5.87. The molecule has 2 heterocycles. The van der Waals surface area contributed by atoms with Crippen molar-refractivity contribution in [1.82, 2.24) is 15.0 Å². The SMILES string of the molecule is Cc1ccc(S(=O)(=O)Cc2noc(C3CC(O)CN3Cc3cccc(C#N)c3)n2)cc1. The van der Waals surface area contributed by atoms with Crippen LogP contribution in [0.15, 0.2) is 57.9 Å². The van der Waals surface area contributed by atoms with E-state index in [0.29, 0.717) is 25.1 Å². The lowest BCUT2D eigenvalue weighted by atomic mass is 10.1. The Hall–Kier alpha value is -3.06. The molecular weight excluding hydrogens is 416 g/mol. The number of sulfone groups is 1. The summed E-state index contributed by atoms with van der Waals surface area (Å²) in [6.07, 6.45) is -0.152. The molecule has 9 heteroatoms. The molecule has 0 amide bonds. The molecule has 1 aliphatic heterocycles. The molecule has 31 heavy (non-hydrogen) atoms. The average Bonchev–Trinajstić information content (AvgIpc) is 3.34. The van der Waals surface area contributed by atoms with E-state index in [0.717, 1.165) is 11.1 Å². The number of aliphatic hydroxyl groups is 1. The van der Waals surface area contributed by atoms with Gasteiger partial charge < -0.3 is 9.63 Å². The molecule has 0 radical (unpaired) electrons. The van der Waals surface area contributed by atoms with E-state index in [1.807, 2.05) is 24.0 Å². The van der Waals surface area contributed by atoms with Crippen molar-refractivity contribution in [3.8, 4) is 6.07 Å². The number of benzene rings is 2. The first-order chi connectivity index (χ1) is 14.8. The van der Waals surface area contributed by atoms with Crippen molar-refractivity contribution in [3.05, 3.63) is 76.9 Å². The third kappa shape index (κ3) is 4.82. The van der Waals surface area contributed by atoms with Crippen LogP contribution in [0.2, 0.25) is 0 Å². The van der Waals surface area contributed by atoms with Crippen LogP contribution in [-0.4, -0.2) is 41.2 Å². The summed E-state index contributed by atoms with van der Waals surface area (Å²) < 4.78 is 30.7. The fraction of sp³-hybridized carbons (Fsp3) is 0.318. The number of aliphatic hydroxyl groups excluding tert-OH is 1. The van der Waals surface area contributed by atoms with Crippen molar-refractivity contribution in [2.75, 3.05) is 6.54 Å². The monoisotopic (exact) mass is 438 g/mol. The fourth-order valence-electron chi connectivity index (χ4n) is 3.75. The van der Waals surface area contributed by atoms with Gasteiger partial charge in [-0.2, -0.15) is 10.2 Å². The second-order valence-electron chi connectivity index (χ2n) is 7.77. The molecule has 8 nitrogen and oxygen atoms in total. The van der Waals surface area contributed by atoms with Gasteiger partial charge in [0.05, 0.1) is 28.7 Å². The maximum Gasteiger partial charge on any atom is 0.244 e. The number of β-amino-alcohol motifs (C(OH)–C–C–N with tert-alkyl or cyclic N) is 1. The Morgan fingerprint density at radius 1 is 1.26 bits per heavy atom. The van der Waals surface area contributed by atoms with Crippen molar-refractivity contribution in [3.63, 3.8) is 0 Å². The molecular formula is C22H22N4O4S. The number of rotatable bonds is 6. The minimum absolute atomic E-state index is 0.0865. The Morgan fingerprint density at radius 2 is 2.03 bits per heavy atom. The predicted molar refractivity (Wildman–Crippen MR) is 111 cm³/mol. The average molecular weight is 439 g/mol. The highest BCUT2D eigenvalue weighted by atomic mass is 32.2. The zero-order valence-electron chi connectivity index (χ0n) is 17.0. The Bertz CT molecular complexity index is 1210. The molecule has 1 aliphatic rings. The Balaban J connectivity index is 1.51. The zero-order chi connectivity index (χ0) is 22.0. The highest BCUT2D eigenvalue weighted by Crippen LogP contribution is 2.33. The van der Waals surface area contributed by atoms with Crippen molar-refractivity contribution in [2.24, 2.45) is 0 Å². The summed E-state index contributed by atoms with van der Waals surface area (Å²) in [6.45, 7) is 2.80. The fourth-order valence-corrected chi connectivity index (χ4v) is 4.92. The van der Waals surface area contributed by atoms with Gasteiger partial charge in [0, 0.05) is 13.1 Å². The molecule has 2 aromatic carbocycles. The smallest absolute Gasteiger partial charge is 0.244 e. The van der Waals surface area contributed by atoms with Crippen LogP contribution in [0, 0.1) is 18.3 Å². The molecule has 0 saturated carbocycles. The van der Waals surface area contributed by atoms with Crippen LogP contribution < -0.4 is 0 Å². The highest BCUT2D eigenvalue weighted by Gasteiger charge is 2.36. The molecule has 2 unspecified atom stereocenters. The van der Waals surface area contributed by atoms with Crippen LogP contribution in [0.1, 0.15) is 40.9 Å². The van der Waals surface area contributed by atoms with Gasteiger partial charge >= 0.3 is 0 Å². The molecule has 1 fully saturated rings. The van der Waals surface area contributed by atoms with Gasteiger partial charge in [-0.15, -0.1) is 0 Å². The first-order valence-electron chi connectivity index (χ1n) is 9.87. The minimum atomic E-state index is -3.60. The van der Waals surface area contributed by atoms with Crippen LogP contribution in [0.5, 0.6) is 0 Å². The van der Waals surface area contributed by atoms with Crippen molar-refractivity contribution in [1.29, 1.82) is 5.26 Å². The molecule has 1 aromatic heterocycles. The molecule has 1 N–H and O–H groups in total. The van der Waals surface area contributed by atoms with Crippen LogP contribution >= 0.6 is 0 Å². The molecule has 4 rings (SSSR count). The third-order valence-corrected chi connectivity index (χ3v) is 6.92. The minimum Gasteiger partial charge on any atom is -0.392 e. The van der Waals surface area contributed by atoms with E-state index in [-0.39, 0.29) is 28.4 Å². The van der Waals surface area contributed by atoms with E-state index in [1.165, 1.54) is 0 Å². The third-order valence-electron chi connectivity index (χ3n) is 5.29. The second-order valence-corrected chi connectivity index (χ2v) is 9.76. The molecule has 0 spiro atoms. The zero-order valence-corrected chi connectivity index (χ0v) is 17.8. The molecule has 160 valence electrons. The summed E-state index contributed by atoms with van der Waals surface area (Å²) in [4.78, 5) is 6.52. The quantitative estimate of drug-likeness (QED) is 0.623. The normalized spacial score (nSPS) is 19.4. The van der Waals surface area contributed by atoms with Gasteiger partial charge in [-0.3, -0.25) is 4.90 Å². The van der Waals surface area contributed by atoms with Gasteiger partial charge in [-0.1, -0.05) is 35.0 Å². The van der Waals surface area contributed by atoms with Crippen LogP contribution in [0.4, 0.5) is 0 Å². The molecule has 0 bridgehead atoms. The summed E-state index contributed by atoms with van der Waals surface area (Å²) in [6, 6.07) is 15.7. The van der Waals surface area contributed by atoms with Crippen LogP contribution in [-0.2, 0) is 22.1 Å².